The average Bonchev–Trinajstić information content (AvgIpc) is 4.06. The molecule has 2 nitrogen and oxygen atoms in total. The fourth-order valence-electron chi connectivity index (χ4n) is 12.0. The predicted molar refractivity (Wildman–Crippen MR) is 287 cm³/mol. The van der Waals surface area contributed by atoms with E-state index in [9.17, 15) is 0 Å². The van der Waals surface area contributed by atoms with E-state index in [1.165, 1.54) is 122 Å². The van der Waals surface area contributed by atoms with Gasteiger partial charge >= 0.3 is 0 Å². The van der Waals surface area contributed by atoms with Crippen LogP contribution in [0.1, 0.15) is 73.9 Å². The number of aromatic nitrogens is 2. The molecule has 0 atom stereocenters. The highest BCUT2D eigenvalue weighted by atomic mass is 15.0. The van der Waals surface area contributed by atoms with E-state index in [1.807, 2.05) is 0 Å². The zero-order valence-electron chi connectivity index (χ0n) is 39.8. The minimum atomic E-state index is -0.0439. The van der Waals surface area contributed by atoms with Gasteiger partial charge in [0, 0.05) is 33.0 Å². The molecule has 0 fully saturated rings. The van der Waals surface area contributed by atoms with E-state index in [0.717, 1.165) is 24.2 Å². The maximum absolute atomic E-state index is 2.47. The molecule has 13 rings (SSSR count). The first-order chi connectivity index (χ1) is 33.0. The third kappa shape index (κ3) is 6.16. The molecular formula is C66H54N2. The van der Waals surface area contributed by atoms with Crippen LogP contribution in [0.5, 0.6) is 0 Å². The Balaban J connectivity index is 0.925. The third-order valence-corrected chi connectivity index (χ3v) is 15.8. The van der Waals surface area contributed by atoms with E-state index in [1.54, 1.807) is 0 Å². The summed E-state index contributed by atoms with van der Waals surface area (Å²) in [4.78, 5) is 0. The molecule has 0 N–H and O–H groups in total. The van der Waals surface area contributed by atoms with Crippen molar-refractivity contribution in [1.82, 2.24) is 9.13 Å². The number of fused-ring (bicyclic) bond motifs is 7. The topological polar surface area (TPSA) is 9.86 Å². The molecule has 0 spiro atoms. The highest BCUT2D eigenvalue weighted by Crippen LogP contribution is 2.52. The van der Waals surface area contributed by atoms with Crippen LogP contribution in [0.3, 0.4) is 0 Å². The van der Waals surface area contributed by atoms with Gasteiger partial charge in [0.2, 0.25) is 0 Å². The van der Waals surface area contributed by atoms with E-state index < -0.39 is 0 Å². The smallest absolute Gasteiger partial charge is 0.0542 e. The van der Waals surface area contributed by atoms with Gasteiger partial charge in [0.25, 0.3) is 0 Å². The molecule has 0 saturated heterocycles. The molecule has 8 aromatic carbocycles. The van der Waals surface area contributed by atoms with E-state index in [4.69, 9.17) is 0 Å². The van der Waals surface area contributed by atoms with Crippen molar-refractivity contribution < 1.29 is 0 Å². The summed E-state index contributed by atoms with van der Waals surface area (Å²) in [6, 6.07) is 69.1. The number of benzene rings is 8. The van der Waals surface area contributed by atoms with Crippen LogP contribution >= 0.6 is 0 Å². The van der Waals surface area contributed by atoms with Crippen LogP contribution in [-0.2, 0) is 10.8 Å². The Morgan fingerprint density at radius 1 is 0.397 bits per heavy atom. The zero-order chi connectivity index (χ0) is 46.1. The van der Waals surface area contributed by atoms with Gasteiger partial charge in [-0.25, -0.2) is 0 Å². The van der Waals surface area contributed by atoms with Crippen LogP contribution in [0.15, 0.2) is 200 Å². The maximum Gasteiger partial charge on any atom is 0.0542 e. The van der Waals surface area contributed by atoms with Crippen LogP contribution in [0.4, 0.5) is 0 Å². The fourth-order valence-corrected chi connectivity index (χ4v) is 12.0. The third-order valence-electron chi connectivity index (χ3n) is 15.8. The van der Waals surface area contributed by atoms with E-state index in [0.29, 0.717) is 0 Å². The first kappa shape index (κ1) is 40.6. The monoisotopic (exact) mass is 874 g/mol. The van der Waals surface area contributed by atoms with Crippen molar-refractivity contribution >= 4 is 27.4 Å². The van der Waals surface area contributed by atoms with Crippen LogP contribution in [0.25, 0.3) is 94.6 Å². The second-order valence-corrected chi connectivity index (χ2v) is 20.7. The average molecular weight is 875 g/mol. The SMILES string of the molecule is Cc1ccc(-c2cc3cc4c(cc(-c5ccc(C)cc5)n4-c4ccc(-c5ccc6c(c5)C(C)(C)c5ccccc5-6)cc4)cc3n2-c2ccc(-c3ccc4c(c3)C(C)(C)C3=C4CCC=C3)cc2)cc1. The first-order valence-electron chi connectivity index (χ1n) is 24.4. The molecule has 0 saturated carbocycles. The van der Waals surface area contributed by atoms with Gasteiger partial charge in [0.15, 0.2) is 0 Å². The highest BCUT2D eigenvalue weighted by Gasteiger charge is 2.38. The molecule has 2 aromatic heterocycles. The summed E-state index contributed by atoms with van der Waals surface area (Å²) >= 11 is 0. The van der Waals surface area contributed by atoms with Gasteiger partial charge in [-0.05, 0) is 165 Å². The second-order valence-electron chi connectivity index (χ2n) is 20.7. The summed E-state index contributed by atoms with van der Waals surface area (Å²) in [6.45, 7) is 13.8. The van der Waals surface area contributed by atoms with Crippen molar-refractivity contribution in [3.8, 4) is 67.3 Å². The molecule has 68 heavy (non-hydrogen) atoms. The van der Waals surface area contributed by atoms with Crippen molar-refractivity contribution in [3.63, 3.8) is 0 Å². The van der Waals surface area contributed by atoms with Gasteiger partial charge < -0.3 is 9.13 Å². The molecule has 0 unspecified atom stereocenters. The van der Waals surface area contributed by atoms with E-state index in [-0.39, 0.29) is 10.8 Å². The fraction of sp³-hybridized carbons (Fsp3) is 0.152. The lowest BCUT2D eigenvalue weighted by molar-refractivity contribution is 0.651. The van der Waals surface area contributed by atoms with Gasteiger partial charge in [-0.15, -0.1) is 0 Å². The Hall–Kier alpha value is -7.68. The van der Waals surface area contributed by atoms with E-state index in [2.05, 4.69) is 245 Å². The molecule has 0 amide bonds. The molecule has 3 aliphatic rings. The quantitative estimate of drug-likeness (QED) is 0.158. The lowest BCUT2D eigenvalue weighted by atomic mass is 9.79. The Bertz CT molecular complexity index is 3750. The molecule has 10 aromatic rings. The molecule has 0 bridgehead atoms. The first-order valence-corrected chi connectivity index (χ1v) is 24.4. The van der Waals surface area contributed by atoms with Gasteiger partial charge in [0.1, 0.15) is 0 Å². The number of hydrogen-bond acceptors (Lipinski definition) is 0. The van der Waals surface area contributed by atoms with Crippen molar-refractivity contribution in [1.29, 1.82) is 0 Å². The summed E-state index contributed by atoms with van der Waals surface area (Å²) in [6.07, 6.45) is 6.98. The normalized spacial score (nSPS) is 15.2. The van der Waals surface area contributed by atoms with Gasteiger partial charge in [-0.2, -0.15) is 0 Å². The summed E-state index contributed by atoms with van der Waals surface area (Å²) in [7, 11) is 0. The number of rotatable bonds is 6. The van der Waals surface area contributed by atoms with Crippen LogP contribution in [-0.4, -0.2) is 9.13 Å². The molecule has 2 heterocycles. The number of nitrogens with zero attached hydrogens (tertiary/aromatic N) is 2. The summed E-state index contributed by atoms with van der Waals surface area (Å²) in [5, 5.41) is 2.41. The lowest BCUT2D eigenvalue weighted by Crippen LogP contribution is -2.16. The van der Waals surface area contributed by atoms with Gasteiger partial charge in [-0.1, -0.05) is 172 Å². The Morgan fingerprint density at radius 2 is 0.853 bits per heavy atom. The Kier molecular flexibility index (Phi) is 8.90. The van der Waals surface area contributed by atoms with Crippen LogP contribution in [0, 0.1) is 13.8 Å². The van der Waals surface area contributed by atoms with Gasteiger partial charge in [0.05, 0.1) is 22.4 Å². The molecule has 3 aliphatic carbocycles. The molecular weight excluding hydrogens is 821 g/mol. The number of allylic oxidation sites excluding steroid dienone is 4. The number of hydrogen-bond donors (Lipinski definition) is 0. The molecule has 0 radical (unpaired) electrons. The van der Waals surface area contributed by atoms with Crippen molar-refractivity contribution in [2.75, 3.05) is 0 Å². The summed E-state index contributed by atoms with van der Waals surface area (Å²) in [5.41, 5.74) is 28.3. The Labute approximate surface area is 400 Å². The lowest BCUT2D eigenvalue weighted by Gasteiger charge is -2.24. The molecule has 328 valence electrons. The largest absolute Gasteiger partial charge is 0.309 e. The Morgan fingerprint density at radius 3 is 1.40 bits per heavy atom. The van der Waals surface area contributed by atoms with Crippen molar-refractivity contribution in [2.45, 2.75) is 65.2 Å². The van der Waals surface area contributed by atoms with Crippen molar-refractivity contribution in [3.05, 3.63) is 233 Å². The minimum Gasteiger partial charge on any atom is -0.309 e. The number of aryl methyl sites for hydroxylation is 2. The van der Waals surface area contributed by atoms with Gasteiger partial charge in [-0.3, -0.25) is 0 Å². The summed E-state index contributed by atoms with van der Waals surface area (Å²) < 4.78 is 4.93. The minimum absolute atomic E-state index is 0.00567. The maximum atomic E-state index is 2.47. The standard InChI is InChI=1S/C66H54N2/c1-41-15-19-45(20-16-41)61-37-49-39-64-50(40-63(49)67(61)51-29-23-43(24-30-51)47-27-33-55-53-11-7-9-13-57(53)65(3,4)59(55)35-47)38-62(46-21-17-42(2)18-22-46)68(64)52-31-25-44(26-32-52)48-28-34-56-54-12-8-10-14-58(54)66(5,6)60(56)36-48/h7,9-11,13-40H,8,12H2,1-6H3. The van der Waals surface area contributed by atoms with Crippen LogP contribution in [0.2, 0.25) is 0 Å². The van der Waals surface area contributed by atoms with E-state index >= 15 is 0 Å². The van der Waals surface area contributed by atoms with Crippen molar-refractivity contribution in [2.24, 2.45) is 0 Å². The molecule has 2 heteroatoms. The second kappa shape index (κ2) is 14.9. The van der Waals surface area contributed by atoms with Crippen LogP contribution < -0.4 is 0 Å². The highest BCUT2D eigenvalue weighted by molar-refractivity contribution is 6.02. The summed E-state index contributed by atoms with van der Waals surface area (Å²) in [5.74, 6) is 0. The zero-order valence-corrected chi connectivity index (χ0v) is 39.8. The predicted octanol–water partition coefficient (Wildman–Crippen LogP) is 17.6. The molecule has 0 aliphatic heterocycles.